The van der Waals surface area contributed by atoms with Crippen molar-refractivity contribution in [1.82, 2.24) is 4.98 Å². The Hall–Kier alpha value is -2.25. The quantitative estimate of drug-likeness (QED) is 0.721. The van der Waals surface area contributed by atoms with Crippen LogP contribution in [0.25, 0.3) is 10.9 Å². The van der Waals surface area contributed by atoms with E-state index in [1.54, 1.807) is 0 Å². The zero-order chi connectivity index (χ0) is 13.1. The molecule has 0 aliphatic heterocycles. The first-order chi connectivity index (χ1) is 8.67. The molecule has 2 atom stereocenters. The first-order valence-electron chi connectivity index (χ1n) is 5.99. The summed E-state index contributed by atoms with van der Waals surface area (Å²) in [7, 11) is 0. The van der Waals surface area contributed by atoms with Crippen LogP contribution in [0.1, 0.15) is 36.9 Å². The van der Waals surface area contributed by atoms with Crippen molar-refractivity contribution in [1.29, 1.82) is 0 Å². The number of pyridine rings is 1. The lowest BCUT2D eigenvalue weighted by Gasteiger charge is -2.13. The second-order valence-electron chi connectivity index (χ2n) is 4.43. The molecule has 1 heterocycles. The third kappa shape index (κ3) is 2.08. The normalized spacial score (nSPS) is 13.6. The van der Waals surface area contributed by atoms with Gasteiger partial charge in [-0.25, -0.2) is 0 Å². The molecule has 0 aliphatic rings. The Kier molecular flexibility index (Phi) is 3.35. The number of terminal acetylenes is 2. The molecule has 0 bridgehead atoms. The molecular formula is C17H15N. The molecule has 0 aliphatic carbocycles. The van der Waals surface area contributed by atoms with E-state index in [-0.39, 0.29) is 11.8 Å². The van der Waals surface area contributed by atoms with Gasteiger partial charge in [-0.05, 0) is 31.5 Å². The molecule has 2 aromatic rings. The van der Waals surface area contributed by atoms with Crippen molar-refractivity contribution in [2.45, 2.75) is 25.7 Å². The molecular weight excluding hydrogens is 218 g/mol. The number of benzene rings is 1. The van der Waals surface area contributed by atoms with Gasteiger partial charge in [-0.15, -0.1) is 12.8 Å². The highest BCUT2D eigenvalue weighted by Crippen LogP contribution is 2.27. The summed E-state index contributed by atoms with van der Waals surface area (Å²) in [6, 6.07) is 10.1. The molecule has 0 saturated carbocycles. The van der Waals surface area contributed by atoms with Gasteiger partial charge in [0.2, 0.25) is 0 Å². The number of hydrogen-bond donors (Lipinski definition) is 0. The molecule has 0 radical (unpaired) electrons. The summed E-state index contributed by atoms with van der Waals surface area (Å²) < 4.78 is 0. The van der Waals surface area contributed by atoms with E-state index in [1.807, 2.05) is 38.1 Å². The van der Waals surface area contributed by atoms with Crippen LogP contribution in [0.3, 0.4) is 0 Å². The lowest BCUT2D eigenvalue weighted by Crippen LogP contribution is -2.00. The Labute approximate surface area is 108 Å². The van der Waals surface area contributed by atoms with Gasteiger partial charge < -0.3 is 0 Å². The Morgan fingerprint density at radius 3 is 2.39 bits per heavy atom. The maximum absolute atomic E-state index is 5.54. The molecule has 88 valence electrons. The van der Waals surface area contributed by atoms with Crippen LogP contribution in [0.15, 0.2) is 30.3 Å². The Bertz CT molecular complexity index is 655. The molecule has 0 spiro atoms. The Morgan fingerprint density at radius 2 is 1.72 bits per heavy atom. The largest absolute Gasteiger partial charge is 0.252 e. The third-order valence-electron chi connectivity index (χ3n) is 3.18. The van der Waals surface area contributed by atoms with E-state index in [1.165, 1.54) is 0 Å². The number of aromatic nitrogens is 1. The number of fused-ring (bicyclic) bond motifs is 1. The minimum absolute atomic E-state index is 0.00155. The molecule has 2 unspecified atom stereocenters. The summed E-state index contributed by atoms with van der Waals surface area (Å²) in [6.45, 7) is 3.99. The molecule has 2 rings (SSSR count). The van der Waals surface area contributed by atoms with Gasteiger partial charge in [0.05, 0.1) is 17.1 Å². The van der Waals surface area contributed by atoms with Gasteiger partial charge in [-0.2, -0.15) is 0 Å². The van der Waals surface area contributed by atoms with E-state index < -0.39 is 0 Å². The fourth-order valence-corrected chi connectivity index (χ4v) is 1.98. The van der Waals surface area contributed by atoms with E-state index in [4.69, 9.17) is 12.8 Å². The first kappa shape index (κ1) is 12.2. The molecule has 1 heteroatoms. The van der Waals surface area contributed by atoms with Gasteiger partial charge in [0.1, 0.15) is 0 Å². The summed E-state index contributed by atoms with van der Waals surface area (Å²) in [5.74, 6) is 5.55. The zero-order valence-electron chi connectivity index (χ0n) is 10.6. The predicted octanol–water partition coefficient (Wildman–Crippen LogP) is 3.71. The van der Waals surface area contributed by atoms with Crippen molar-refractivity contribution < 1.29 is 0 Å². The lowest BCUT2D eigenvalue weighted by molar-refractivity contribution is 0.927. The van der Waals surface area contributed by atoms with Gasteiger partial charge in [0.15, 0.2) is 0 Å². The van der Waals surface area contributed by atoms with Gasteiger partial charge in [-0.3, -0.25) is 4.98 Å². The summed E-state index contributed by atoms with van der Waals surface area (Å²) in [4.78, 5) is 4.61. The monoisotopic (exact) mass is 233 g/mol. The third-order valence-corrected chi connectivity index (χ3v) is 3.18. The standard InChI is InChI=1S/C17H15N/c1-5-12(3)15-11-17(13(4)6-2)18-16-10-8-7-9-14(15)16/h1-2,7-13H,3-4H3. The van der Waals surface area contributed by atoms with Crippen LogP contribution in [0.4, 0.5) is 0 Å². The van der Waals surface area contributed by atoms with Crippen LogP contribution >= 0.6 is 0 Å². The van der Waals surface area contributed by atoms with E-state index in [0.29, 0.717) is 0 Å². The number of hydrogen-bond acceptors (Lipinski definition) is 1. The lowest BCUT2D eigenvalue weighted by atomic mass is 9.94. The SMILES string of the molecule is C#CC(C)c1cc(C(C)C#C)c2ccccc2n1. The summed E-state index contributed by atoms with van der Waals surface area (Å²) >= 11 is 0. The van der Waals surface area contributed by atoms with E-state index in [9.17, 15) is 0 Å². The number of rotatable bonds is 2. The summed E-state index contributed by atoms with van der Waals surface area (Å²) in [5.41, 5.74) is 2.99. The van der Waals surface area contributed by atoms with Gasteiger partial charge in [-0.1, -0.05) is 30.0 Å². The Morgan fingerprint density at radius 1 is 1.06 bits per heavy atom. The molecule has 18 heavy (non-hydrogen) atoms. The van der Waals surface area contributed by atoms with Crippen LogP contribution < -0.4 is 0 Å². The molecule has 0 N–H and O–H groups in total. The molecule has 1 nitrogen and oxygen atoms in total. The molecule has 0 saturated heterocycles. The first-order valence-corrected chi connectivity index (χ1v) is 5.99. The van der Waals surface area contributed by atoms with E-state index >= 15 is 0 Å². The van der Waals surface area contributed by atoms with Crippen molar-refractivity contribution in [2.24, 2.45) is 0 Å². The maximum Gasteiger partial charge on any atom is 0.0709 e. The van der Waals surface area contributed by atoms with Crippen LogP contribution in [0, 0.1) is 24.7 Å². The second kappa shape index (κ2) is 4.94. The Balaban J connectivity index is 2.74. The maximum atomic E-state index is 5.54. The fourth-order valence-electron chi connectivity index (χ4n) is 1.98. The minimum atomic E-state index is -0.00155. The average Bonchev–Trinajstić information content (AvgIpc) is 2.44. The smallest absolute Gasteiger partial charge is 0.0709 e. The topological polar surface area (TPSA) is 12.9 Å². The molecule has 1 aromatic carbocycles. The van der Waals surface area contributed by atoms with E-state index in [0.717, 1.165) is 22.2 Å². The highest BCUT2D eigenvalue weighted by atomic mass is 14.7. The van der Waals surface area contributed by atoms with Crippen molar-refractivity contribution in [3.05, 3.63) is 41.6 Å². The second-order valence-corrected chi connectivity index (χ2v) is 4.43. The van der Waals surface area contributed by atoms with Crippen LogP contribution in [0.2, 0.25) is 0 Å². The highest BCUT2D eigenvalue weighted by molar-refractivity contribution is 5.83. The molecule has 1 aromatic heterocycles. The minimum Gasteiger partial charge on any atom is -0.252 e. The van der Waals surface area contributed by atoms with Gasteiger partial charge in [0, 0.05) is 11.3 Å². The summed E-state index contributed by atoms with van der Waals surface area (Å²) in [5, 5.41) is 1.11. The van der Waals surface area contributed by atoms with Gasteiger partial charge in [0.25, 0.3) is 0 Å². The molecule has 0 amide bonds. The van der Waals surface area contributed by atoms with Crippen molar-refractivity contribution in [3.63, 3.8) is 0 Å². The predicted molar refractivity (Wildman–Crippen MR) is 76.2 cm³/mol. The van der Waals surface area contributed by atoms with Crippen molar-refractivity contribution >= 4 is 10.9 Å². The van der Waals surface area contributed by atoms with Crippen LogP contribution in [0.5, 0.6) is 0 Å². The van der Waals surface area contributed by atoms with Crippen molar-refractivity contribution in [2.75, 3.05) is 0 Å². The van der Waals surface area contributed by atoms with Crippen molar-refractivity contribution in [3.8, 4) is 24.7 Å². The average molecular weight is 233 g/mol. The summed E-state index contributed by atoms with van der Waals surface area (Å²) in [6.07, 6.45) is 11.0. The van der Waals surface area contributed by atoms with Crippen LogP contribution in [-0.2, 0) is 0 Å². The van der Waals surface area contributed by atoms with Gasteiger partial charge >= 0.3 is 0 Å². The number of nitrogens with zero attached hydrogens (tertiary/aromatic N) is 1. The number of para-hydroxylation sites is 1. The zero-order valence-corrected chi connectivity index (χ0v) is 10.6. The van der Waals surface area contributed by atoms with E-state index in [2.05, 4.69) is 22.9 Å². The fraction of sp³-hybridized carbons (Fsp3) is 0.235. The highest BCUT2D eigenvalue weighted by Gasteiger charge is 2.12. The van der Waals surface area contributed by atoms with Crippen LogP contribution in [-0.4, -0.2) is 4.98 Å². The molecule has 0 fully saturated rings.